The molecule has 134 valence electrons. The van der Waals surface area contributed by atoms with Crippen molar-refractivity contribution in [1.29, 1.82) is 0 Å². The van der Waals surface area contributed by atoms with Crippen molar-refractivity contribution in [2.75, 3.05) is 18.9 Å². The van der Waals surface area contributed by atoms with Crippen molar-refractivity contribution in [3.63, 3.8) is 0 Å². The molecule has 0 saturated carbocycles. The fraction of sp³-hybridized carbons (Fsp3) is 0.353. The normalized spacial score (nSPS) is 10.8. The summed E-state index contributed by atoms with van der Waals surface area (Å²) >= 11 is 1.15. The van der Waals surface area contributed by atoms with Crippen molar-refractivity contribution < 1.29 is 14.3 Å². The van der Waals surface area contributed by atoms with Gasteiger partial charge in [-0.05, 0) is 44.0 Å². The number of nitrogens with zero attached hydrogens (tertiary/aromatic N) is 2. The maximum absolute atomic E-state index is 12.2. The monoisotopic (exact) mass is 362 g/mol. The van der Waals surface area contributed by atoms with E-state index < -0.39 is 0 Å². The summed E-state index contributed by atoms with van der Waals surface area (Å²) in [7, 11) is 0. The number of nitrogens with two attached hydrogens (primary N) is 1. The predicted octanol–water partition coefficient (Wildman–Crippen LogP) is 2.85. The molecular formula is C17H22N4O3S. The molecule has 25 heavy (non-hydrogen) atoms. The summed E-state index contributed by atoms with van der Waals surface area (Å²) in [5.74, 6) is 1.000. The summed E-state index contributed by atoms with van der Waals surface area (Å²) in [5, 5.41) is 4.37. The first-order valence-electron chi connectivity index (χ1n) is 8.07. The molecule has 8 heteroatoms. The Kier molecular flexibility index (Phi) is 6.76. The third-order valence-corrected chi connectivity index (χ3v) is 4.13. The average molecular weight is 362 g/mol. The minimum atomic E-state index is -0.321. The fourth-order valence-corrected chi connectivity index (χ4v) is 2.96. The van der Waals surface area contributed by atoms with Crippen LogP contribution in [0.2, 0.25) is 0 Å². The molecule has 2 rings (SSSR count). The summed E-state index contributed by atoms with van der Waals surface area (Å²) in [4.78, 5) is 16.8. The molecule has 0 aliphatic rings. The molecule has 0 aliphatic heterocycles. The number of thiazole rings is 1. The first kappa shape index (κ1) is 18.7. The number of amides is 1. The van der Waals surface area contributed by atoms with Gasteiger partial charge in [-0.25, -0.2) is 10.4 Å². The third-order valence-electron chi connectivity index (χ3n) is 3.20. The van der Waals surface area contributed by atoms with Crippen LogP contribution < -0.4 is 20.6 Å². The number of rotatable bonds is 8. The van der Waals surface area contributed by atoms with Gasteiger partial charge in [0.2, 0.25) is 0 Å². The molecule has 0 aliphatic carbocycles. The van der Waals surface area contributed by atoms with E-state index in [-0.39, 0.29) is 5.91 Å². The van der Waals surface area contributed by atoms with Gasteiger partial charge in [0.25, 0.3) is 5.91 Å². The number of nitrogen functional groups attached to an aromatic ring is 1. The van der Waals surface area contributed by atoms with Gasteiger partial charge in [0.05, 0.1) is 25.1 Å². The molecule has 0 saturated heterocycles. The molecule has 0 bridgehead atoms. The van der Waals surface area contributed by atoms with E-state index >= 15 is 0 Å². The van der Waals surface area contributed by atoms with E-state index in [1.54, 1.807) is 6.21 Å². The molecular weight excluding hydrogens is 340 g/mol. The van der Waals surface area contributed by atoms with Crippen LogP contribution in [0.15, 0.2) is 23.3 Å². The smallest absolute Gasteiger partial charge is 0.283 e. The standard InChI is InChI=1S/C17H22N4O3S/c1-4-12-15(25-17(18)20-12)16(22)21-19-10-11-7-8-13(23-5-2)14(9-11)24-6-3/h7-10H,4-6H2,1-3H3,(H2,18,20)(H,21,22). The van der Waals surface area contributed by atoms with Crippen LogP contribution in [0.1, 0.15) is 41.7 Å². The molecule has 0 atom stereocenters. The number of aromatic nitrogens is 1. The number of aryl methyl sites for hydroxylation is 1. The Hall–Kier alpha value is -2.61. The highest BCUT2D eigenvalue weighted by Gasteiger charge is 2.15. The summed E-state index contributed by atoms with van der Waals surface area (Å²) in [6, 6.07) is 5.47. The van der Waals surface area contributed by atoms with Gasteiger partial charge >= 0.3 is 0 Å². The lowest BCUT2D eigenvalue weighted by Crippen LogP contribution is -2.17. The van der Waals surface area contributed by atoms with Crippen LogP contribution in [-0.4, -0.2) is 30.3 Å². The molecule has 0 fully saturated rings. The van der Waals surface area contributed by atoms with Crippen LogP contribution in [0.25, 0.3) is 0 Å². The number of hydrazone groups is 1. The maximum atomic E-state index is 12.2. The Labute approximate surface area is 150 Å². The molecule has 1 aromatic carbocycles. The van der Waals surface area contributed by atoms with Crippen molar-refractivity contribution in [1.82, 2.24) is 10.4 Å². The van der Waals surface area contributed by atoms with Crippen LogP contribution in [0.4, 0.5) is 5.13 Å². The first-order valence-corrected chi connectivity index (χ1v) is 8.88. The van der Waals surface area contributed by atoms with E-state index in [0.717, 1.165) is 16.9 Å². The van der Waals surface area contributed by atoms with Crippen LogP contribution in [-0.2, 0) is 6.42 Å². The minimum Gasteiger partial charge on any atom is -0.490 e. The Morgan fingerprint density at radius 2 is 2.00 bits per heavy atom. The Morgan fingerprint density at radius 3 is 2.68 bits per heavy atom. The lowest BCUT2D eigenvalue weighted by atomic mass is 10.2. The lowest BCUT2D eigenvalue weighted by Gasteiger charge is -2.11. The van der Waals surface area contributed by atoms with Gasteiger partial charge in [0, 0.05) is 0 Å². The number of hydrogen-bond acceptors (Lipinski definition) is 7. The second-order valence-electron chi connectivity index (χ2n) is 4.95. The van der Waals surface area contributed by atoms with Crippen LogP contribution in [0.3, 0.4) is 0 Å². The number of benzene rings is 1. The van der Waals surface area contributed by atoms with Gasteiger partial charge in [-0.2, -0.15) is 5.10 Å². The number of carbonyl (C=O) groups excluding carboxylic acids is 1. The fourth-order valence-electron chi connectivity index (χ4n) is 2.15. The van der Waals surface area contributed by atoms with Crippen LogP contribution in [0.5, 0.6) is 11.5 Å². The van der Waals surface area contributed by atoms with Gasteiger partial charge in [-0.3, -0.25) is 4.79 Å². The van der Waals surface area contributed by atoms with E-state index in [9.17, 15) is 4.79 Å². The van der Waals surface area contributed by atoms with Gasteiger partial charge in [-0.15, -0.1) is 0 Å². The zero-order chi connectivity index (χ0) is 18.2. The van der Waals surface area contributed by atoms with Crippen molar-refractivity contribution in [2.24, 2.45) is 5.10 Å². The van der Waals surface area contributed by atoms with Crippen LogP contribution >= 0.6 is 11.3 Å². The number of hydrogen-bond donors (Lipinski definition) is 2. The molecule has 1 aromatic heterocycles. The van der Waals surface area contributed by atoms with E-state index in [1.165, 1.54) is 0 Å². The topological polar surface area (TPSA) is 98.8 Å². The van der Waals surface area contributed by atoms with Crippen molar-refractivity contribution in [3.8, 4) is 11.5 Å². The second kappa shape index (κ2) is 9.03. The van der Waals surface area contributed by atoms with E-state index in [4.69, 9.17) is 15.2 Å². The zero-order valence-corrected chi connectivity index (χ0v) is 15.4. The highest BCUT2D eigenvalue weighted by molar-refractivity contribution is 7.17. The molecule has 1 heterocycles. The van der Waals surface area contributed by atoms with E-state index in [0.29, 0.717) is 46.8 Å². The number of ether oxygens (including phenoxy) is 2. The Balaban J connectivity index is 2.08. The summed E-state index contributed by atoms with van der Waals surface area (Å²) < 4.78 is 11.1. The highest BCUT2D eigenvalue weighted by atomic mass is 32.1. The Morgan fingerprint density at radius 1 is 1.28 bits per heavy atom. The summed E-state index contributed by atoms with van der Waals surface area (Å²) in [5.41, 5.74) is 9.62. The molecule has 3 N–H and O–H groups in total. The number of nitrogens with one attached hydrogen (secondary N) is 1. The quantitative estimate of drug-likeness (QED) is 0.556. The van der Waals surface area contributed by atoms with Gasteiger partial charge < -0.3 is 15.2 Å². The first-order chi connectivity index (χ1) is 12.1. The average Bonchev–Trinajstić information content (AvgIpc) is 2.98. The largest absolute Gasteiger partial charge is 0.490 e. The molecule has 2 aromatic rings. The maximum Gasteiger partial charge on any atom is 0.283 e. The van der Waals surface area contributed by atoms with Crippen LogP contribution in [0, 0.1) is 0 Å². The molecule has 0 radical (unpaired) electrons. The van der Waals surface area contributed by atoms with Gasteiger partial charge in [0.15, 0.2) is 16.6 Å². The second-order valence-corrected chi connectivity index (χ2v) is 5.98. The van der Waals surface area contributed by atoms with Crippen molar-refractivity contribution in [2.45, 2.75) is 27.2 Å². The zero-order valence-electron chi connectivity index (χ0n) is 14.5. The minimum absolute atomic E-state index is 0.321. The van der Waals surface area contributed by atoms with E-state index in [1.807, 2.05) is 39.0 Å². The molecule has 1 amide bonds. The lowest BCUT2D eigenvalue weighted by molar-refractivity contribution is 0.0958. The molecule has 7 nitrogen and oxygen atoms in total. The van der Waals surface area contributed by atoms with Gasteiger partial charge in [0.1, 0.15) is 4.88 Å². The van der Waals surface area contributed by atoms with Crippen molar-refractivity contribution >= 4 is 28.6 Å². The predicted molar refractivity (Wildman–Crippen MR) is 99.7 cm³/mol. The highest BCUT2D eigenvalue weighted by Crippen LogP contribution is 2.28. The van der Waals surface area contributed by atoms with Crippen molar-refractivity contribution in [3.05, 3.63) is 34.3 Å². The Bertz CT molecular complexity index is 758. The van der Waals surface area contributed by atoms with Gasteiger partial charge in [-0.1, -0.05) is 18.3 Å². The molecule has 0 unspecified atom stereocenters. The van der Waals surface area contributed by atoms with E-state index in [2.05, 4.69) is 15.5 Å². The molecule has 0 spiro atoms. The third kappa shape index (κ3) is 4.93. The number of carbonyl (C=O) groups is 1. The summed E-state index contributed by atoms with van der Waals surface area (Å²) in [6.07, 6.45) is 2.18. The SMILES string of the molecule is CCOc1ccc(C=NNC(=O)c2sc(N)nc2CC)cc1OCC. The summed E-state index contributed by atoms with van der Waals surface area (Å²) in [6.45, 7) is 6.83. The number of anilines is 1.